The van der Waals surface area contributed by atoms with Gasteiger partial charge in [0.25, 0.3) is 0 Å². The number of rotatable bonds is 4. The number of hydrogen-bond acceptors (Lipinski definition) is 2. The summed E-state index contributed by atoms with van der Waals surface area (Å²) in [6, 6.07) is 8.37. The number of benzene rings is 1. The third kappa shape index (κ3) is 2.74. The van der Waals surface area contributed by atoms with E-state index >= 15 is 0 Å². The summed E-state index contributed by atoms with van der Waals surface area (Å²) in [6.45, 7) is 5.22. The van der Waals surface area contributed by atoms with E-state index in [1.807, 2.05) is 0 Å². The Bertz CT molecular complexity index is 644. The van der Waals surface area contributed by atoms with Crippen molar-refractivity contribution in [3.63, 3.8) is 0 Å². The first-order chi connectivity index (χ1) is 10.2. The standard InChI is InChI=1S/C18H24N2O/c1-3-13-9-10-18(21)14(11-13)12-16-15-7-5-6-8-17(15)20(4-2)19-16/h5-8,13-14H,3-4,9-12H2,1-2H3. The third-order valence-electron chi connectivity index (χ3n) is 4.92. The number of ketones is 1. The third-order valence-corrected chi connectivity index (χ3v) is 4.92. The van der Waals surface area contributed by atoms with Crippen LogP contribution >= 0.6 is 0 Å². The summed E-state index contributed by atoms with van der Waals surface area (Å²) in [5.74, 6) is 1.33. The summed E-state index contributed by atoms with van der Waals surface area (Å²) in [4.78, 5) is 12.2. The highest BCUT2D eigenvalue weighted by Gasteiger charge is 2.29. The molecule has 1 heterocycles. The lowest BCUT2D eigenvalue weighted by molar-refractivity contribution is -0.125. The molecule has 1 saturated carbocycles. The zero-order valence-corrected chi connectivity index (χ0v) is 13.0. The summed E-state index contributed by atoms with van der Waals surface area (Å²) in [5, 5.41) is 5.97. The monoisotopic (exact) mass is 284 g/mol. The molecule has 2 atom stereocenters. The van der Waals surface area contributed by atoms with Crippen molar-refractivity contribution < 1.29 is 4.79 Å². The van der Waals surface area contributed by atoms with Crippen LogP contribution in [-0.2, 0) is 17.8 Å². The largest absolute Gasteiger partial charge is 0.299 e. The van der Waals surface area contributed by atoms with Crippen molar-refractivity contribution in [2.75, 3.05) is 0 Å². The molecule has 0 radical (unpaired) electrons. The van der Waals surface area contributed by atoms with Crippen molar-refractivity contribution in [2.24, 2.45) is 11.8 Å². The van der Waals surface area contributed by atoms with E-state index in [4.69, 9.17) is 5.10 Å². The molecule has 1 aromatic carbocycles. The Morgan fingerprint density at radius 3 is 2.86 bits per heavy atom. The Morgan fingerprint density at radius 2 is 2.10 bits per heavy atom. The van der Waals surface area contributed by atoms with Crippen LogP contribution in [0.15, 0.2) is 24.3 Å². The number of Topliss-reactive ketones (excluding diaryl/α,β-unsaturated/α-hetero) is 1. The number of carbonyl (C=O) groups excluding carboxylic acids is 1. The highest BCUT2D eigenvalue weighted by Crippen LogP contribution is 2.32. The van der Waals surface area contributed by atoms with Gasteiger partial charge in [-0.1, -0.05) is 31.5 Å². The minimum atomic E-state index is 0.173. The number of hydrogen-bond donors (Lipinski definition) is 0. The van der Waals surface area contributed by atoms with Gasteiger partial charge in [-0.15, -0.1) is 0 Å². The van der Waals surface area contributed by atoms with E-state index < -0.39 is 0 Å². The van der Waals surface area contributed by atoms with Gasteiger partial charge in [0.15, 0.2) is 0 Å². The Labute approximate surface area is 126 Å². The Kier molecular flexibility index (Phi) is 4.09. The SMILES string of the molecule is CCC1CCC(=O)C(Cc2nn(CC)c3ccccc23)C1. The first-order valence-electron chi connectivity index (χ1n) is 8.20. The molecule has 1 aliphatic carbocycles. The van der Waals surface area contributed by atoms with E-state index in [2.05, 4.69) is 42.8 Å². The lowest BCUT2D eigenvalue weighted by Gasteiger charge is -2.26. The molecule has 0 aliphatic heterocycles. The number of carbonyl (C=O) groups is 1. The van der Waals surface area contributed by atoms with Crippen molar-refractivity contribution in [1.29, 1.82) is 0 Å². The van der Waals surface area contributed by atoms with Crippen molar-refractivity contribution in [3.05, 3.63) is 30.0 Å². The first kappa shape index (κ1) is 14.3. The zero-order valence-electron chi connectivity index (χ0n) is 13.0. The number of nitrogens with zero attached hydrogens (tertiary/aromatic N) is 2. The van der Waals surface area contributed by atoms with Crippen LogP contribution in [0.5, 0.6) is 0 Å². The average Bonchev–Trinajstić information content (AvgIpc) is 2.88. The van der Waals surface area contributed by atoms with Crippen LogP contribution in [0, 0.1) is 11.8 Å². The van der Waals surface area contributed by atoms with E-state index in [1.165, 1.54) is 17.3 Å². The second-order valence-electron chi connectivity index (χ2n) is 6.20. The summed E-state index contributed by atoms with van der Waals surface area (Å²) >= 11 is 0. The lowest BCUT2D eigenvalue weighted by atomic mass is 9.77. The van der Waals surface area contributed by atoms with Gasteiger partial charge in [-0.25, -0.2) is 0 Å². The van der Waals surface area contributed by atoms with E-state index in [0.29, 0.717) is 11.7 Å². The fourth-order valence-electron chi connectivity index (χ4n) is 3.59. The smallest absolute Gasteiger partial charge is 0.136 e. The molecular formula is C18H24N2O. The molecule has 1 aliphatic rings. The maximum atomic E-state index is 12.2. The highest BCUT2D eigenvalue weighted by atomic mass is 16.1. The van der Waals surface area contributed by atoms with Crippen LogP contribution in [0.4, 0.5) is 0 Å². The van der Waals surface area contributed by atoms with Crippen molar-refractivity contribution in [2.45, 2.75) is 52.5 Å². The fourth-order valence-corrected chi connectivity index (χ4v) is 3.59. The van der Waals surface area contributed by atoms with Crippen molar-refractivity contribution in [1.82, 2.24) is 9.78 Å². The van der Waals surface area contributed by atoms with E-state index in [9.17, 15) is 4.79 Å². The molecule has 0 amide bonds. The molecule has 0 N–H and O–H groups in total. The Hall–Kier alpha value is -1.64. The molecule has 3 heteroatoms. The molecule has 0 spiro atoms. The van der Waals surface area contributed by atoms with Gasteiger partial charge in [-0.05, 0) is 31.7 Å². The van der Waals surface area contributed by atoms with Gasteiger partial charge in [0.1, 0.15) is 5.78 Å². The summed E-state index contributed by atoms with van der Waals surface area (Å²) in [7, 11) is 0. The predicted molar refractivity (Wildman–Crippen MR) is 85.2 cm³/mol. The molecule has 0 bridgehead atoms. The van der Waals surface area contributed by atoms with Gasteiger partial charge < -0.3 is 0 Å². The van der Waals surface area contributed by atoms with Crippen LogP contribution in [0.25, 0.3) is 10.9 Å². The molecule has 2 unspecified atom stereocenters. The molecule has 3 rings (SSSR count). The van der Waals surface area contributed by atoms with Crippen LogP contribution in [0.2, 0.25) is 0 Å². The second-order valence-corrected chi connectivity index (χ2v) is 6.20. The van der Waals surface area contributed by atoms with Crippen LogP contribution in [0.1, 0.15) is 45.2 Å². The quantitative estimate of drug-likeness (QED) is 0.850. The van der Waals surface area contributed by atoms with Crippen molar-refractivity contribution in [3.8, 4) is 0 Å². The van der Waals surface area contributed by atoms with E-state index in [1.54, 1.807) is 0 Å². The number of fused-ring (bicyclic) bond motifs is 1. The fraction of sp³-hybridized carbons (Fsp3) is 0.556. The van der Waals surface area contributed by atoms with Gasteiger partial charge >= 0.3 is 0 Å². The number of para-hydroxylation sites is 1. The number of aromatic nitrogens is 2. The molecule has 21 heavy (non-hydrogen) atoms. The summed E-state index contributed by atoms with van der Waals surface area (Å²) in [5.41, 5.74) is 2.29. The van der Waals surface area contributed by atoms with Crippen LogP contribution < -0.4 is 0 Å². The normalized spacial score (nSPS) is 22.9. The van der Waals surface area contributed by atoms with E-state index in [-0.39, 0.29) is 5.92 Å². The average molecular weight is 284 g/mol. The molecule has 0 saturated heterocycles. The predicted octanol–water partition coefficient (Wildman–Crippen LogP) is 3.99. The second kappa shape index (κ2) is 6.00. The molecular weight excluding hydrogens is 260 g/mol. The molecule has 2 aromatic rings. The molecule has 1 fully saturated rings. The van der Waals surface area contributed by atoms with Crippen molar-refractivity contribution >= 4 is 16.7 Å². The molecule has 112 valence electrons. The van der Waals surface area contributed by atoms with Crippen LogP contribution in [-0.4, -0.2) is 15.6 Å². The molecule has 3 nitrogen and oxygen atoms in total. The van der Waals surface area contributed by atoms with Gasteiger partial charge in [0, 0.05) is 30.7 Å². The van der Waals surface area contributed by atoms with E-state index in [0.717, 1.165) is 37.9 Å². The maximum absolute atomic E-state index is 12.2. The van der Waals surface area contributed by atoms with Gasteiger partial charge in [0.2, 0.25) is 0 Å². The summed E-state index contributed by atoms with van der Waals surface area (Å²) in [6.07, 6.45) is 4.88. The van der Waals surface area contributed by atoms with Gasteiger partial charge in [0.05, 0.1) is 11.2 Å². The summed E-state index contributed by atoms with van der Waals surface area (Å²) < 4.78 is 2.05. The minimum absolute atomic E-state index is 0.173. The Morgan fingerprint density at radius 1 is 1.29 bits per heavy atom. The zero-order chi connectivity index (χ0) is 14.8. The topological polar surface area (TPSA) is 34.9 Å². The maximum Gasteiger partial charge on any atom is 0.136 e. The van der Waals surface area contributed by atoms with Crippen LogP contribution in [0.3, 0.4) is 0 Å². The van der Waals surface area contributed by atoms with Gasteiger partial charge in [-0.3, -0.25) is 9.48 Å². The lowest BCUT2D eigenvalue weighted by Crippen LogP contribution is -2.26. The highest BCUT2D eigenvalue weighted by molar-refractivity contribution is 5.85. The van der Waals surface area contributed by atoms with Gasteiger partial charge in [-0.2, -0.15) is 5.10 Å². The molecule has 1 aromatic heterocycles. The minimum Gasteiger partial charge on any atom is -0.299 e. The Balaban J connectivity index is 1.89. The first-order valence-corrected chi connectivity index (χ1v) is 8.20. The number of aryl methyl sites for hydroxylation is 1.